The van der Waals surface area contributed by atoms with Crippen LogP contribution in [0.25, 0.3) is 0 Å². The van der Waals surface area contributed by atoms with Crippen molar-refractivity contribution in [2.45, 2.75) is 11.4 Å². The van der Waals surface area contributed by atoms with Crippen LogP contribution in [0, 0.1) is 0 Å². The number of halogens is 1. The molecule has 27 heavy (non-hydrogen) atoms. The number of hydrogen-bond donors (Lipinski definition) is 3. The van der Waals surface area contributed by atoms with E-state index in [0.29, 0.717) is 16.3 Å². The molecule has 2 aromatic rings. The van der Waals surface area contributed by atoms with E-state index < -0.39 is 21.8 Å². The second kappa shape index (κ2) is 9.36. The van der Waals surface area contributed by atoms with Gasteiger partial charge in [0.2, 0.25) is 15.9 Å². The molecule has 0 radical (unpaired) electrons. The standard InChI is InChI=1S/C17H18ClN3O5S/c18-13-3-5-14(6-4-13)26-11-17(23)21-10-16(22)20-9-12-1-7-15(8-2-12)27(19,24)25/h1-8H,9-11H2,(H,20,22)(H,21,23)(H2,19,24,25). The third-order valence-corrected chi connectivity index (χ3v) is 4.55. The summed E-state index contributed by atoms with van der Waals surface area (Å²) in [4.78, 5) is 23.4. The van der Waals surface area contributed by atoms with Gasteiger partial charge in [-0.2, -0.15) is 0 Å². The molecule has 0 saturated heterocycles. The molecule has 0 saturated carbocycles. The number of carbonyl (C=O) groups is 2. The van der Waals surface area contributed by atoms with Crippen molar-refractivity contribution >= 4 is 33.4 Å². The molecule has 2 rings (SSSR count). The van der Waals surface area contributed by atoms with Gasteiger partial charge in [0.1, 0.15) is 5.75 Å². The summed E-state index contributed by atoms with van der Waals surface area (Å²) in [6.45, 7) is -0.261. The molecule has 0 aliphatic carbocycles. The minimum atomic E-state index is -3.75. The molecule has 4 N–H and O–H groups in total. The Bertz CT molecular complexity index is 899. The Morgan fingerprint density at radius 1 is 0.963 bits per heavy atom. The van der Waals surface area contributed by atoms with Gasteiger partial charge in [0.15, 0.2) is 6.61 Å². The largest absolute Gasteiger partial charge is 0.484 e. The van der Waals surface area contributed by atoms with Crippen LogP contribution < -0.4 is 20.5 Å². The molecule has 0 bridgehead atoms. The molecule has 144 valence electrons. The van der Waals surface area contributed by atoms with Gasteiger partial charge in [-0.25, -0.2) is 13.6 Å². The lowest BCUT2D eigenvalue weighted by Crippen LogP contribution is -2.38. The molecule has 0 spiro atoms. The lowest BCUT2D eigenvalue weighted by molar-refractivity contribution is -0.127. The van der Waals surface area contributed by atoms with E-state index in [-0.39, 0.29) is 24.6 Å². The van der Waals surface area contributed by atoms with Crippen molar-refractivity contribution < 1.29 is 22.7 Å². The van der Waals surface area contributed by atoms with Crippen LogP contribution in [0.1, 0.15) is 5.56 Å². The Kier molecular flexibility index (Phi) is 7.17. The fraction of sp³-hybridized carbons (Fsp3) is 0.176. The second-order valence-corrected chi connectivity index (χ2v) is 7.48. The SMILES string of the molecule is NS(=O)(=O)c1ccc(CNC(=O)CNC(=O)COc2ccc(Cl)cc2)cc1. The molecular weight excluding hydrogens is 394 g/mol. The van der Waals surface area contributed by atoms with Crippen LogP contribution in [-0.2, 0) is 26.2 Å². The number of amides is 2. The van der Waals surface area contributed by atoms with Gasteiger partial charge in [0.25, 0.3) is 5.91 Å². The Morgan fingerprint density at radius 2 is 1.59 bits per heavy atom. The Hall–Kier alpha value is -2.62. The Balaban J connectivity index is 1.69. The van der Waals surface area contributed by atoms with Crippen molar-refractivity contribution in [3.63, 3.8) is 0 Å². The fourth-order valence-corrected chi connectivity index (χ4v) is 2.61. The molecule has 0 aromatic heterocycles. The molecule has 0 heterocycles. The molecule has 0 atom stereocenters. The van der Waals surface area contributed by atoms with Crippen LogP contribution >= 0.6 is 11.6 Å². The quantitative estimate of drug-likeness (QED) is 0.592. The fourth-order valence-electron chi connectivity index (χ4n) is 1.97. The lowest BCUT2D eigenvalue weighted by atomic mass is 10.2. The second-order valence-electron chi connectivity index (χ2n) is 5.49. The number of sulfonamides is 1. The summed E-state index contributed by atoms with van der Waals surface area (Å²) in [6, 6.07) is 12.3. The number of nitrogens with two attached hydrogens (primary N) is 1. The third-order valence-electron chi connectivity index (χ3n) is 3.37. The highest BCUT2D eigenvalue weighted by molar-refractivity contribution is 7.89. The van der Waals surface area contributed by atoms with Gasteiger partial charge in [0.05, 0.1) is 11.4 Å². The molecule has 2 aromatic carbocycles. The van der Waals surface area contributed by atoms with Crippen LogP contribution in [0.3, 0.4) is 0 Å². The molecule has 0 aliphatic rings. The highest BCUT2D eigenvalue weighted by atomic mass is 35.5. The van der Waals surface area contributed by atoms with Gasteiger partial charge >= 0.3 is 0 Å². The van der Waals surface area contributed by atoms with Crippen LogP contribution in [-0.4, -0.2) is 33.4 Å². The molecule has 0 fully saturated rings. The van der Waals surface area contributed by atoms with Crippen molar-refractivity contribution in [2.75, 3.05) is 13.2 Å². The Morgan fingerprint density at radius 3 is 2.19 bits per heavy atom. The van der Waals surface area contributed by atoms with Gasteiger partial charge < -0.3 is 15.4 Å². The molecule has 8 nitrogen and oxygen atoms in total. The van der Waals surface area contributed by atoms with Gasteiger partial charge in [-0.1, -0.05) is 23.7 Å². The minimum Gasteiger partial charge on any atom is -0.484 e. The summed E-state index contributed by atoms with van der Waals surface area (Å²) in [5.41, 5.74) is 0.688. The molecular formula is C17H18ClN3O5S. The van der Waals surface area contributed by atoms with Gasteiger partial charge in [-0.15, -0.1) is 0 Å². The number of ether oxygens (including phenoxy) is 1. The van der Waals surface area contributed by atoms with Crippen molar-refractivity contribution in [3.8, 4) is 5.75 Å². The summed E-state index contributed by atoms with van der Waals surface area (Å²) >= 11 is 5.75. The van der Waals surface area contributed by atoms with E-state index in [1.54, 1.807) is 36.4 Å². The number of carbonyl (C=O) groups excluding carboxylic acids is 2. The lowest BCUT2D eigenvalue weighted by Gasteiger charge is -2.09. The highest BCUT2D eigenvalue weighted by Gasteiger charge is 2.08. The average molecular weight is 412 g/mol. The van der Waals surface area contributed by atoms with Crippen LogP contribution in [0.4, 0.5) is 0 Å². The van der Waals surface area contributed by atoms with Gasteiger partial charge in [-0.05, 0) is 42.0 Å². The van der Waals surface area contributed by atoms with Crippen molar-refractivity contribution in [1.29, 1.82) is 0 Å². The first kappa shape index (κ1) is 20.7. The van der Waals surface area contributed by atoms with Crippen LogP contribution in [0.5, 0.6) is 5.75 Å². The molecule has 10 heteroatoms. The van der Waals surface area contributed by atoms with Crippen LogP contribution in [0.2, 0.25) is 5.02 Å². The van der Waals surface area contributed by atoms with Crippen molar-refractivity contribution in [2.24, 2.45) is 5.14 Å². The predicted molar refractivity (Wildman–Crippen MR) is 99.6 cm³/mol. The molecule has 0 unspecified atom stereocenters. The van der Waals surface area contributed by atoms with E-state index in [1.165, 1.54) is 12.1 Å². The zero-order valence-electron chi connectivity index (χ0n) is 14.1. The summed E-state index contributed by atoms with van der Waals surface area (Å²) in [5.74, 6) is -0.357. The summed E-state index contributed by atoms with van der Waals surface area (Å²) in [6.07, 6.45) is 0. The first-order valence-electron chi connectivity index (χ1n) is 7.77. The van der Waals surface area contributed by atoms with E-state index in [4.69, 9.17) is 21.5 Å². The van der Waals surface area contributed by atoms with E-state index in [0.717, 1.165) is 0 Å². The number of rotatable bonds is 8. The topological polar surface area (TPSA) is 128 Å². The maximum Gasteiger partial charge on any atom is 0.258 e. The maximum absolute atomic E-state index is 11.8. The maximum atomic E-state index is 11.8. The van der Waals surface area contributed by atoms with E-state index in [1.807, 2.05) is 0 Å². The number of nitrogens with one attached hydrogen (secondary N) is 2. The van der Waals surface area contributed by atoms with Crippen LogP contribution in [0.15, 0.2) is 53.4 Å². The summed E-state index contributed by atoms with van der Waals surface area (Å²) < 4.78 is 27.6. The molecule has 2 amide bonds. The van der Waals surface area contributed by atoms with Gasteiger partial charge in [-0.3, -0.25) is 9.59 Å². The third kappa shape index (κ3) is 7.26. The first-order chi connectivity index (χ1) is 12.7. The smallest absolute Gasteiger partial charge is 0.258 e. The van der Waals surface area contributed by atoms with E-state index >= 15 is 0 Å². The Labute approximate surface area is 161 Å². The minimum absolute atomic E-state index is 0.00877. The zero-order chi connectivity index (χ0) is 19.9. The number of benzene rings is 2. The van der Waals surface area contributed by atoms with E-state index in [9.17, 15) is 18.0 Å². The monoisotopic (exact) mass is 411 g/mol. The van der Waals surface area contributed by atoms with Crippen molar-refractivity contribution in [3.05, 3.63) is 59.1 Å². The highest BCUT2D eigenvalue weighted by Crippen LogP contribution is 2.15. The number of hydrogen-bond acceptors (Lipinski definition) is 5. The molecule has 0 aliphatic heterocycles. The summed E-state index contributed by atoms with van der Waals surface area (Å²) in [5, 5.41) is 10.6. The normalized spacial score (nSPS) is 10.9. The van der Waals surface area contributed by atoms with Crippen molar-refractivity contribution in [1.82, 2.24) is 10.6 Å². The number of primary sulfonamides is 1. The average Bonchev–Trinajstić information content (AvgIpc) is 2.64. The summed E-state index contributed by atoms with van der Waals surface area (Å²) in [7, 11) is -3.75. The van der Waals surface area contributed by atoms with Gasteiger partial charge in [0, 0.05) is 11.6 Å². The first-order valence-corrected chi connectivity index (χ1v) is 9.70. The van der Waals surface area contributed by atoms with E-state index in [2.05, 4.69) is 10.6 Å². The zero-order valence-corrected chi connectivity index (χ0v) is 15.7. The predicted octanol–water partition coefficient (Wildman–Crippen LogP) is 0.799.